The molecular weight excluding hydrogens is 268 g/mol. The molecule has 0 spiro atoms. The van der Waals surface area contributed by atoms with E-state index in [4.69, 9.17) is 0 Å². The maximum atomic E-state index is 13.1. The summed E-state index contributed by atoms with van der Waals surface area (Å²) in [7, 11) is 0. The van der Waals surface area contributed by atoms with Gasteiger partial charge in [-0.25, -0.2) is 0 Å². The lowest BCUT2D eigenvalue weighted by Crippen LogP contribution is -2.47. The smallest absolute Gasteiger partial charge is 0.230 e. The Morgan fingerprint density at radius 2 is 2.35 bits per heavy atom. The summed E-state index contributed by atoms with van der Waals surface area (Å²) < 4.78 is 0. The highest BCUT2D eigenvalue weighted by Gasteiger charge is 2.43. The van der Waals surface area contributed by atoms with Crippen molar-refractivity contribution in [2.24, 2.45) is 5.41 Å². The van der Waals surface area contributed by atoms with E-state index in [1.165, 1.54) is 4.88 Å². The van der Waals surface area contributed by atoms with Crippen LogP contribution in [0.2, 0.25) is 0 Å². The molecule has 1 fully saturated rings. The molecule has 3 nitrogen and oxygen atoms in total. The average molecular weight is 294 g/mol. The van der Waals surface area contributed by atoms with Gasteiger partial charge < -0.3 is 10.2 Å². The number of carbonyl (C=O) groups excluding carboxylic acids is 1. The van der Waals surface area contributed by atoms with E-state index in [0.29, 0.717) is 5.91 Å². The van der Waals surface area contributed by atoms with Crippen molar-refractivity contribution < 1.29 is 4.79 Å². The van der Waals surface area contributed by atoms with Crippen molar-refractivity contribution in [2.45, 2.75) is 52.6 Å². The molecule has 20 heavy (non-hydrogen) atoms. The van der Waals surface area contributed by atoms with Crippen LogP contribution >= 0.6 is 11.3 Å². The number of nitrogens with zero attached hydrogens (tertiary/aromatic N) is 1. The van der Waals surface area contributed by atoms with Crippen molar-refractivity contribution in [3.8, 4) is 0 Å². The van der Waals surface area contributed by atoms with Gasteiger partial charge in [-0.3, -0.25) is 4.79 Å². The van der Waals surface area contributed by atoms with E-state index in [-0.39, 0.29) is 11.5 Å². The molecule has 1 aliphatic rings. The molecule has 1 saturated heterocycles. The molecule has 0 saturated carbocycles. The predicted octanol–water partition coefficient (Wildman–Crippen LogP) is 3.26. The zero-order chi connectivity index (χ0) is 14.6. The summed E-state index contributed by atoms with van der Waals surface area (Å²) in [6.07, 6.45) is 3.04. The molecule has 1 unspecified atom stereocenters. The van der Waals surface area contributed by atoms with Gasteiger partial charge in [-0.2, -0.15) is 0 Å². The summed E-state index contributed by atoms with van der Waals surface area (Å²) in [4.78, 5) is 16.4. The number of hydrogen-bond acceptors (Lipinski definition) is 3. The fourth-order valence-electron chi connectivity index (χ4n) is 3.09. The Balaban J connectivity index is 2.17. The van der Waals surface area contributed by atoms with Gasteiger partial charge in [-0.1, -0.05) is 19.4 Å². The molecule has 112 valence electrons. The average Bonchev–Trinajstić information content (AvgIpc) is 3.07. The number of carbonyl (C=O) groups is 1. The quantitative estimate of drug-likeness (QED) is 0.873. The molecule has 2 rings (SSSR count). The van der Waals surface area contributed by atoms with Crippen molar-refractivity contribution in [3.05, 3.63) is 22.4 Å². The molecule has 1 aliphatic heterocycles. The maximum Gasteiger partial charge on any atom is 0.230 e. The minimum absolute atomic E-state index is 0.170. The van der Waals surface area contributed by atoms with Crippen LogP contribution in [-0.2, 0) is 11.3 Å². The standard InChI is InChI=1S/C16H26N2OS/c1-4-7-16(8-9-17-12-16)15(19)18(13(2)3)11-14-6-5-10-20-14/h5-6,10,13,17H,4,7-9,11-12H2,1-3H3. The van der Waals surface area contributed by atoms with Gasteiger partial charge in [0.25, 0.3) is 0 Å². The topological polar surface area (TPSA) is 32.3 Å². The Bertz CT molecular complexity index is 422. The minimum Gasteiger partial charge on any atom is -0.335 e. The van der Waals surface area contributed by atoms with Crippen LogP contribution in [0.3, 0.4) is 0 Å². The van der Waals surface area contributed by atoms with E-state index in [2.05, 4.69) is 48.5 Å². The van der Waals surface area contributed by atoms with Gasteiger partial charge in [0, 0.05) is 17.5 Å². The van der Waals surface area contributed by atoms with Crippen LogP contribution in [0.15, 0.2) is 17.5 Å². The third kappa shape index (κ3) is 3.23. The van der Waals surface area contributed by atoms with Gasteiger partial charge >= 0.3 is 0 Å². The van der Waals surface area contributed by atoms with E-state index in [9.17, 15) is 4.79 Å². The zero-order valence-electron chi connectivity index (χ0n) is 12.8. The summed E-state index contributed by atoms with van der Waals surface area (Å²) in [5, 5.41) is 5.47. The summed E-state index contributed by atoms with van der Waals surface area (Å²) in [5.74, 6) is 0.341. The SMILES string of the molecule is CCCC1(C(=O)N(Cc2cccs2)C(C)C)CCNC1. The van der Waals surface area contributed by atoms with Gasteiger partial charge in [-0.15, -0.1) is 11.3 Å². The van der Waals surface area contributed by atoms with E-state index in [1.54, 1.807) is 11.3 Å². The molecule has 4 heteroatoms. The van der Waals surface area contributed by atoms with Gasteiger partial charge in [0.1, 0.15) is 0 Å². The van der Waals surface area contributed by atoms with Crippen molar-refractivity contribution >= 4 is 17.2 Å². The molecule has 0 aromatic carbocycles. The van der Waals surface area contributed by atoms with Gasteiger partial charge in [0.2, 0.25) is 5.91 Å². The zero-order valence-corrected chi connectivity index (χ0v) is 13.6. The number of thiophene rings is 1. The summed E-state index contributed by atoms with van der Waals surface area (Å²) in [5.41, 5.74) is -0.170. The van der Waals surface area contributed by atoms with Crippen LogP contribution in [0.25, 0.3) is 0 Å². The monoisotopic (exact) mass is 294 g/mol. The number of nitrogens with one attached hydrogen (secondary N) is 1. The van der Waals surface area contributed by atoms with Gasteiger partial charge in [-0.05, 0) is 44.7 Å². The fourth-order valence-corrected chi connectivity index (χ4v) is 3.79. The van der Waals surface area contributed by atoms with Crippen molar-refractivity contribution in [1.29, 1.82) is 0 Å². The lowest BCUT2D eigenvalue weighted by atomic mass is 9.80. The molecule has 1 aromatic heterocycles. The summed E-state index contributed by atoms with van der Waals surface area (Å²) >= 11 is 1.73. The molecule has 0 radical (unpaired) electrons. The Kier molecular flexibility index (Phi) is 5.22. The van der Waals surface area contributed by atoms with Gasteiger partial charge in [0.15, 0.2) is 0 Å². The highest BCUT2D eigenvalue weighted by molar-refractivity contribution is 7.09. The Morgan fingerprint density at radius 1 is 1.55 bits per heavy atom. The molecular formula is C16H26N2OS. The lowest BCUT2D eigenvalue weighted by molar-refractivity contribution is -0.144. The Morgan fingerprint density at radius 3 is 2.85 bits per heavy atom. The molecule has 0 aliphatic carbocycles. The molecule has 1 amide bonds. The first-order valence-corrected chi connectivity index (χ1v) is 8.51. The summed E-state index contributed by atoms with van der Waals surface area (Å²) in [6.45, 7) is 8.97. The molecule has 1 aromatic rings. The first-order chi connectivity index (χ1) is 9.59. The highest BCUT2D eigenvalue weighted by Crippen LogP contribution is 2.34. The first kappa shape index (κ1) is 15.5. The van der Waals surface area contributed by atoms with E-state index in [0.717, 1.165) is 38.9 Å². The fraction of sp³-hybridized carbons (Fsp3) is 0.688. The van der Waals surface area contributed by atoms with E-state index < -0.39 is 0 Å². The molecule has 1 atom stereocenters. The summed E-state index contributed by atoms with van der Waals surface area (Å²) in [6, 6.07) is 4.42. The Hall–Kier alpha value is -0.870. The van der Waals surface area contributed by atoms with Crippen LogP contribution in [0.5, 0.6) is 0 Å². The number of hydrogen-bond donors (Lipinski definition) is 1. The second kappa shape index (κ2) is 6.72. The molecule has 0 bridgehead atoms. The van der Waals surface area contributed by atoms with Crippen LogP contribution in [0.1, 0.15) is 44.9 Å². The van der Waals surface area contributed by atoms with Crippen LogP contribution in [-0.4, -0.2) is 29.9 Å². The Labute approximate surface area is 126 Å². The normalized spacial score (nSPS) is 22.4. The predicted molar refractivity (Wildman–Crippen MR) is 84.8 cm³/mol. The largest absolute Gasteiger partial charge is 0.335 e. The van der Waals surface area contributed by atoms with Crippen LogP contribution in [0, 0.1) is 5.41 Å². The van der Waals surface area contributed by atoms with E-state index >= 15 is 0 Å². The van der Waals surface area contributed by atoms with Crippen molar-refractivity contribution in [2.75, 3.05) is 13.1 Å². The van der Waals surface area contributed by atoms with Crippen LogP contribution < -0.4 is 5.32 Å². The molecule has 1 N–H and O–H groups in total. The van der Waals surface area contributed by atoms with Crippen molar-refractivity contribution in [3.63, 3.8) is 0 Å². The second-order valence-electron chi connectivity index (χ2n) is 6.06. The molecule has 2 heterocycles. The number of amides is 1. The second-order valence-corrected chi connectivity index (χ2v) is 7.10. The third-order valence-corrected chi connectivity index (χ3v) is 5.08. The first-order valence-electron chi connectivity index (χ1n) is 7.63. The maximum absolute atomic E-state index is 13.1. The highest BCUT2D eigenvalue weighted by atomic mass is 32.1. The van der Waals surface area contributed by atoms with Gasteiger partial charge in [0.05, 0.1) is 12.0 Å². The lowest BCUT2D eigenvalue weighted by Gasteiger charge is -2.36. The number of rotatable bonds is 6. The van der Waals surface area contributed by atoms with Crippen molar-refractivity contribution in [1.82, 2.24) is 10.2 Å². The van der Waals surface area contributed by atoms with E-state index in [1.807, 2.05) is 0 Å². The minimum atomic E-state index is -0.170. The third-order valence-electron chi connectivity index (χ3n) is 4.22. The van der Waals surface area contributed by atoms with Crippen LogP contribution in [0.4, 0.5) is 0 Å².